The number of carbonyl (C=O) groups excluding carboxylic acids is 3. The van der Waals surface area contributed by atoms with Crippen molar-refractivity contribution >= 4 is 29.6 Å². The summed E-state index contributed by atoms with van der Waals surface area (Å²) in [6.45, 7) is 7.67. The number of thioether (sulfide) groups is 1. The van der Waals surface area contributed by atoms with Crippen LogP contribution in [0.3, 0.4) is 0 Å². The third-order valence-corrected chi connectivity index (χ3v) is 7.26. The number of amides is 1. The maximum atomic E-state index is 13.7. The van der Waals surface area contributed by atoms with E-state index in [4.69, 9.17) is 9.47 Å². The highest BCUT2D eigenvalue weighted by atomic mass is 32.2. The van der Waals surface area contributed by atoms with Gasteiger partial charge in [-0.2, -0.15) is 0 Å². The van der Waals surface area contributed by atoms with Gasteiger partial charge in [0.05, 0.1) is 12.6 Å². The lowest BCUT2D eigenvalue weighted by Crippen LogP contribution is -2.54. The molecule has 200 valence electrons. The monoisotopic (exact) mass is 526 g/mol. The molecule has 1 fully saturated rings. The lowest BCUT2D eigenvalue weighted by molar-refractivity contribution is -0.159. The number of benzene rings is 2. The fourth-order valence-electron chi connectivity index (χ4n) is 4.22. The van der Waals surface area contributed by atoms with Gasteiger partial charge in [0.1, 0.15) is 18.2 Å². The lowest BCUT2D eigenvalue weighted by atomic mass is 10.0. The van der Waals surface area contributed by atoms with Gasteiger partial charge < -0.3 is 14.4 Å². The van der Waals surface area contributed by atoms with Gasteiger partial charge >= 0.3 is 11.9 Å². The minimum absolute atomic E-state index is 0.00949. The highest BCUT2D eigenvalue weighted by Gasteiger charge is 2.36. The molecule has 37 heavy (non-hydrogen) atoms. The summed E-state index contributed by atoms with van der Waals surface area (Å²) in [6.07, 6.45) is 1.16. The summed E-state index contributed by atoms with van der Waals surface area (Å²) in [7, 11) is 0. The fraction of sp³-hybridized carbons (Fsp3) is 0.483. The first-order valence-electron chi connectivity index (χ1n) is 12.8. The first kappa shape index (κ1) is 28.7. The van der Waals surface area contributed by atoms with E-state index in [2.05, 4.69) is 5.32 Å². The van der Waals surface area contributed by atoms with E-state index >= 15 is 0 Å². The van der Waals surface area contributed by atoms with Crippen molar-refractivity contribution in [2.75, 3.05) is 25.4 Å². The Bertz CT molecular complexity index is 1030. The van der Waals surface area contributed by atoms with Crippen LogP contribution in [0.1, 0.15) is 50.5 Å². The molecule has 0 spiro atoms. The predicted octanol–water partition coefficient (Wildman–Crippen LogP) is 4.17. The Labute approximate surface area is 224 Å². The van der Waals surface area contributed by atoms with Crippen molar-refractivity contribution in [1.29, 1.82) is 0 Å². The molecule has 0 aliphatic carbocycles. The quantitative estimate of drug-likeness (QED) is 0.465. The Hall–Kier alpha value is -2.84. The van der Waals surface area contributed by atoms with Crippen LogP contribution in [-0.2, 0) is 30.3 Å². The molecular weight excluding hydrogens is 488 g/mol. The smallest absolute Gasteiger partial charge is 0.326 e. The second-order valence-corrected chi connectivity index (χ2v) is 11.3. The molecule has 1 aliphatic rings. The summed E-state index contributed by atoms with van der Waals surface area (Å²) in [6, 6.07) is 18.6. The van der Waals surface area contributed by atoms with Crippen LogP contribution in [0.2, 0.25) is 0 Å². The summed E-state index contributed by atoms with van der Waals surface area (Å²) >= 11 is 1.65. The molecule has 1 heterocycles. The number of ether oxygens (including phenoxy) is 2. The van der Waals surface area contributed by atoms with E-state index in [-0.39, 0.29) is 30.3 Å². The first-order valence-corrected chi connectivity index (χ1v) is 13.8. The zero-order chi connectivity index (χ0) is 26.8. The highest BCUT2D eigenvalue weighted by Crippen LogP contribution is 2.33. The third-order valence-electron chi connectivity index (χ3n) is 5.91. The van der Waals surface area contributed by atoms with Crippen LogP contribution in [0.5, 0.6) is 0 Å². The van der Waals surface area contributed by atoms with Crippen LogP contribution in [0.25, 0.3) is 0 Å². The van der Waals surface area contributed by atoms with Gasteiger partial charge in [-0.3, -0.25) is 19.7 Å². The van der Waals surface area contributed by atoms with Crippen LogP contribution in [0, 0.1) is 0 Å². The second kappa shape index (κ2) is 13.6. The maximum Gasteiger partial charge on any atom is 0.326 e. The van der Waals surface area contributed by atoms with Gasteiger partial charge in [-0.25, -0.2) is 0 Å². The van der Waals surface area contributed by atoms with E-state index in [9.17, 15) is 14.4 Å². The van der Waals surface area contributed by atoms with Crippen LogP contribution in [0.15, 0.2) is 60.7 Å². The van der Waals surface area contributed by atoms with E-state index < -0.39 is 23.7 Å². The van der Waals surface area contributed by atoms with E-state index in [1.807, 2.05) is 60.7 Å². The summed E-state index contributed by atoms with van der Waals surface area (Å²) in [5.41, 5.74) is 1.54. The Kier molecular flexibility index (Phi) is 10.6. The van der Waals surface area contributed by atoms with Gasteiger partial charge in [0.15, 0.2) is 0 Å². The molecule has 0 saturated carbocycles. The average Bonchev–Trinajstić information content (AvgIpc) is 3.00. The summed E-state index contributed by atoms with van der Waals surface area (Å²) < 4.78 is 10.8. The van der Waals surface area contributed by atoms with Gasteiger partial charge in [0.25, 0.3) is 0 Å². The SMILES string of the molecule is CCOC(=O)[C@H](CCc1ccccc1)N[C@H]1CS[C@H](c2ccccc2)CN(CC(=O)OC(C)(C)C)C1=O. The lowest BCUT2D eigenvalue weighted by Gasteiger charge is -2.28. The van der Waals surface area contributed by atoms with Crippen molar-refractivity contribution in [1.82, 2.24) is 10.2 Å². The van der Waals surface area contributed by atoms with Gasteiger partial charge in [0.2, 0.25) is 5.91 Å². The molecule has 3 rings (SSSR count). The number of hydrogen-bond donors (Lipinski definition) is 1. The van der Waals surface area contributed by atoms with Crippen molar-refractivity contribution in [3.63, 3.8) is 0 Å². The Balaban J connectivity index is 1.80. The zero-order valence-electron chi connectivity index (χ0n) is 22.1. The fourth-order valence-corrected chi connectivity index (χ4v) is 5.52. The molecule has 0 radical (unpaired) electrons. The van der Waals surface area contributed by atoms with Crippen LogP contribution in [0.4, 0.5) is 0 Å². The Morgan fingerprint density at radius 3 is 2.35 bits per heavy atom. The van der Waals surface area contributed by atoms with Gasteiger partial charge in [-0.15, -0.1) is 11.8 Å². The molecule has 0 aromatic heterocycles. The van der Waals surface area contributed by atoms with Gasteiger partial charge in [0, 0.05) is 17.5 Å². The molecule has 8 heteroatoms. The molecule has 0 unspecified atom stereocenters. The minimum atomic E-state index is -0.649. The van der Waals surface area contributed by atoms with E-state index in [1.165, 1.54) is 0 Å². The van der Waals surface area contributed by atoms with E-state index in [0.29, 0.717) is 25.1 Å². The van der Waals surface area contributed by atoms with Crippen LogP contribution < -0.4 is 5.32 Å². The highest BCUT2D eigenvalue weighted by molar-refractivity contribution is 7.99. The predicted molar refractivity (Wildman–Crippen MR) is 146 cm³/mol. The Morgan fingerprint density at radius 2 is 1.73 bits per heavy atom. The number of hydrogen-bond acceptors (Lipinski definition) is 7. The number of rotatable bonds is 10. The maximum absolute atomic E-state index is 13.7. The number of aryl methyl sites for hydroxylation is 1. The average molecular weight is 527 g/mol. The molecule has 1 saturated heterocycles. The van der Waals surface area contributed by atoms with Crippen molar-refractivity contribution in [2.24, 2.45) is 0 Å². The summed E-state index contributed by atoms with van der Waals surface area (Å²) in [4.78, 5) is 40.8. The molecule has 2 aromatic carbocycles. The standard InChI is InChI=1S/C29H38N2O5S/c1-5-35-28(34)23(17-16-21-12-8-6-9-13-21)30-24-20-37-25(22-14-10-7-11-15-22)18-31(27(24)33)19-26(32)36-29(2,3)4/h6-15,23-25,30H,5,16-20H2,1-4H3/t23-,24-,25-/m0/s1. The number of carbonyl (C=O) groups is 3. The topological polar surface area (TPSA) is 84.9 Å². The van der Waals surface area contributed by atoms with Gasteiger partial charge in [-0.05, 0) is 51.7 Å². The van der Waals surface area contributed by atoms with Crippen molar-refractivity contribution in [2.45, 2.75) is 63.5 Å². The molecule has 1 aliphatic heterocycles. The van der Waals surface area contributed by atoms with E-state index in [0.717, 1.165) is 11.1 Å². The third kappa shape index (κ3) is 9.20. The number of nitrogens with zero attached hydrogens (tertiary/aromatic N) is 1. The minimum Gasteiger partial charge on any atom is -0.465 e. The van der Waals surface area contributed by atoms with Crippen molar-refractivity contribution < 1.29 is 23.9 Å². The first-order chi connectivity index (χ1) is 17.7. The Morgan fingerprint density at radius 1 is 1.08 bits per heavy atom. The largest absolute Gasteiger partial charge is 0.465 e. The van der Waals surface area contributed by atoms with Crippen LogP contribution >= 0.6 is 11.8 Å². The molecule has 3 atom stereocenters. The van der Waals surface area contributed by atoms with Gasteiger partial charge in [-0.1, -0.05) is 60.7 Å². The van der Waals surface area contributed by atoms with Crippen LogP contribution in [-0.4, -0.2) is 65.9 Å². The zero-order valence-corrected chi connectivity index (χ0v) is 23.0. The molecule has 7 nitrogen and oxygen atoms in total. The summed E-state index contributed by atoms with van der Waals surface area (Å²) in [5, 5.41) is 3.28. The molecule has 0 bridgehead atoms. The number of esters is 2. The molecule has 1 N–H and O–H groups in total. The molecule has 2 aromatic rings. The van der Waals surface area contributed by atoms with Crippen molar-refractivity contribution in [3.8, 4) is 0 Å². The normalized spacial score (nSPS) is 19.1. The molecular formula is C29H38N2O5S. The van der Waals surface area contributed by atoms with Crippen molar-refractivity contribution in [3.05, 3.63) is 71.8 Å². The molecule has 1 amide bonds. The van der Waals surface area contributed by atoms with E-state index in [1.54, 1.807) is 44.4 Å². The summed E-state index contributed by atoms with van der Waals surface area (Å²) in [5.74, 6) is -0.585. The second-order valence-electron chi connectivity index (χ2n) is 10.1. The number of nitrogens with one attached hydrogen (secondary N) is 1.